The summed E-state index contributed by atoms with van der Waals surface area (Å²) in [5.74, 6) is 1.00. The Morgan fingerprint density at radius 3 is 3.10 bits per heavy atom. The molecular formula is C14H15ClFN3O. The van der Waals surface area contributed by atoms with Crippen molar-refractivity contribution >= 4 is 11.6 Å². The van der Waals surface area contributed by atoms with Crippen LogP contribution in [0.3, 0.4) is 0 Å². The molecule has 3 rings (SSSR count). The molecule has 1 aliphatic heterocycles. The van der Waals surface area contributed by atoms with Crippen LogP contribution in [0.15, 0.2) is 22.7 Å². The third-order valence-corrected chi connectivity index (χ3v) is 3.88. The molecule has 1 saturated heterocycles. The van der Waals surface area contributed by atoms with Crippen LogP contribution < -0.4 is 5.32 Å². The highest BCUT2D eigenvalue weighted by molar-refractivity contribution is 6.31. The van der Waals surface area contributed by atoms with Crippen LogP contribution >= 0.6 is 11.6 Å². The standard InChI is InChI=1S/C14H15ClFN3O/c15-11-4-1-5-12(16)10(11)7-13-18-14(20-19-13)9-3-2-6-17-8-9/h1,4-5,9,17H,2-3,6-8H2/t9-/m1/s1. The van der Waals surface area contributed by atoms with Crippen molar-refractivity contribution in [2.45, 2.75) is 25.2 Å². The largest absolute Gasteiger partial charge is 0.339 e. The number of hydrogen-bond donors (Lipinski definition) is 1. The topological polar surface area (TPSA) is 51.0 Å². The van der Waals surface area contributed by atoms with Gasteiger partial charge in [0.1, 0.15) is 5.82 Å². The molecule has 1 aromatic heterocycles. The second kappa shape index (κ2) is 5.89. The zero-order chi connectivity index (χ0) is 13.9. The van der Waals surface area contributed by atoms with Gasteiger partial charge in [-0.3, -0.25) is 0 Å². The molecule has 1 fully saturated rings. The Morgan fingerprint density at radius 2 is 2.35 bits per heavy atom. The highest BCUT2D eigenvalue weighted by Crippen LogP contribution is 2.24. The Morgan fingerprint density at radius 1 is 1.45 bits per heavy atom. The zero-order valence-corrected chi connectivity index (χ0v) is 11.7. The summed E-state index contributed by atoms with van der Waals surface area (Å²) in [7, 11) is 0. The number of hydrogen-bond acceptors (Lipinski definition) is 4. The van der Waals surface area contributed by atoms with E-state index in [1.807, 2.05) is 0 Å². The minimum Gasteiger partial charge on any atom is -0.339 e. The molecule has 1 atom stereocenters. The van der Waals surface area contributed by atoms with Crippen molar-refractivity contribution in [2.75, 3.05) is 13.1 Å². The third kappa shape index (κ3) is 2.83. The van der Waals surface area contributed by atoms with Gasteiger partial charge in [0.05, 0.1) is 5.92 Å². The summed E-state index contributed by atoms with van der Waals surface area (Å²) in [6, 6.07) is 4.62. The molecule has 2 aromatic rings. The van der Waals surface area contributed by atoms with E-state index >= 15 is 0 Å². The van der Waals surface area contributed by atoms with Crippen molar-refractivity contribution in [1.29, 1.82) is 0 Å². The van der Waals surface area contributed by atoms with Crippen molar-refractivity contribution in [3.8, 4) is 0 Å². The predicted molar refractivity (Wildman–Crippen MR) is 73.4 cm³/mol. The number of nitrogens with zero attached hydrogens (tertiary/aromatic N) is 2. The molecule has 1 aromatic carbocycles. The lowest BCUT2D eigenvalue weighted by atomic mass is 10.00. The van der Waals surface area contributed by atoms with Gasteiger partial charge in [-0.25, -0.2) is 4.39 Å². The van der Waals surface area contributed by atoms with E-state index in [9.17, 15) is 4.39 Å². The second-order valence-electron chi connectivity index (χ2n) is 4.97. The molecule has 1 N–H and O–H groups in total. The van der Waals surface area contributed by atoms with Crippen molar-refractivity contribution in [3.05, 3.63) is 46.3 Å². The summed E-state index contributed by atoms with van der Waals surface area (Å²) in [6.45, 7) is 1.88. The van der Waals surface area contributed by atoms with Gasteiger partial charge in [-0.1, -0.05) is 22.8 Å². The first-order valence-corrected chi connectivity index (χ1v) is 7.08. The van der Waals surface area contributed by atoms with Crippen LogP contribution in [-0.2, 0) is 6.42 Å². The quantitative estimate of drug-likeness (QED) is 0.946. The Balaban J connectivity index is 1.77. The summed E-state index contributed by atoms with van der Waals surface area (Å²) in [5.41, 5.74) is 0.406. The minimum atomic E-state index is -0.344. The molecule has 2 heterocycles. The first-order valence-electron chi connectivity index (χ1n) is 6.70. The van der Waals surface area contributed by atoms with Gasteiger partial charge >= 0.3 is 0 Å². The molecular weight excluding hydrogens is 281 g/mol. The van der Waals surface area contributed by atoms with E-state index in [4.69, 9.17) is 16.1 Å². The van der Waals surface area contributed by atoms with Crippen molar-refractivity contribution in [3.63, 3.8) is 0 Å². The fraction of sp³-hybridized carbons (Fsp3) is 0.429. The maximum absolute atomic E-state index is 13.7. The number of piperidine rings is 1. The Labute approximate surface area is 121 Å². The van der Waals surface area contributed by atoms with Crippen LogP contribution in [-0.4, -0.2) is 23.2 Å². The average Bonchev–Trinajstić information content (AvgIpc) is 2.93. The Bertz CT molecular complexity index is 576. The lowest BCUT2D eigenvalue weighted by molar-refractivity contribution is 0.320. The smallest absolute Gasteiger partial charge is 0.231 e. The highest BCUT2D eigenvalue weighted by Gasteiger charge is 2.22. The van der Waals surface area contributed by atoms with Crippen LogP contribution in [0.25, 0.3) is 0 Å². The van der Waals surface area contributed by atoms with E-state index in [-0.39, 0.29) is 18.2 Å². The van der Waals surface area contributed by atoms with Gasteiger partial charge in [0, 0.05) is 23.6 Å². The van der Waals surface area contributed by atoms with Crippen molar-refractivity contribution < 1.29 is 8.91 Å². The summed E-state index contributed by atoms with van der Waals surface area (Å²) < 4.78 is 19.0. The van der Waals surface area contributed by atoms with E-state index < -0.39 is 0 Å². The minimum absolute atomic E-state index is 0.245. The van der Waals surface area contributed by atoms with Crippen molar-refractivity contribution in [1.82, 2.24) is 15.5 Å². The second-order valence-corrected chi connectivity index (χ2v) is 5.38. The van der Waals surface area contributed by atoms with E-state index in [0.29, 0.717) is 22.3 Å². The summed E-state index contributed by atoms with van der Waals surface area (Å²) >= 11 is 6.00. The van der Waals surface area contributed by atoms with Gasteiger partial charge in [0.25, 0.3) is 0 Å². The molecule has 4 nitrogen and oxygen atoms in total. The molecule has 0 saturated carbocycles. The van der Waals surface area contributed by atoms with Crippen molar-refractivity contribution in [2.24, 2.45) is 0 Å². The maximum atomic E-state index is 13.7. The van der Waals surface area contributed by atoms with Crippen LogP contribution in [0.5, 0.6) is 0 Å². The summed E-state index contributed by atoms with van der Waals surface area (Å²) in [5, 5.41) is 7.62. The third-order valence-electron chi connectivity index (χ3n) is 3.53. The lowest BCUT2D eigenvalue weighted by Crippen LogP contribution is -2.28. The molecule has 0 amide bonds. The van der Waals surface area contributed by atoms with Gasteiger partial charge in [-0.05, 0) is 31.5 Å². The monoisotopic (exact) mass is 295 g/mol. The van der Waals surface area contributed by atoms with Gasteiger partial charge in [-0.2, -0.15) is 4.98 Å². The summed E-state index contributed by atoms with van der Waals surface area (Å²) in [4.78, 5) is 4.37. The number of nitrogens with one attached hydrogen (secondary N) is 1. The first kappa shape index (κ1) is 13.5. The lowest BCUT2D eigenvalue weighted by Gasteiger charge is -2.18. The number of benzene rings is 1. The zero-order valence-electron chi connectivity index (χ0n) is 10.9. The molecule has 1 aliphatic rings. The van der Waals surface area contributed by atoms with E-state index in [2.05, 4.69) is 15.5 Å². The van der Waals surface area contributed by atoms with Crippen LogP contribution in [0.4, 0.5) is 4.39 Å². The average molecular weight is 296 g/mol. The highest BCUT2D eigenvalue weighted by atomic mass is 35.5. The van der Waals surface area contributed by atoms with Gasteiger partial charge in [0.2, 0.25) is 5.89 Å². The van der Waals surface area contributed by atoms with Crippen LogP contribution in [0.2, 0.25) is 5.02 Å². The van der Waals surface area contributed by atoms with Gasteiger partial charge < -0.3 is 9.84 Å². The predicted octanol–water partition coefficient (Wildman–Crippen LogP) is 2.92. The van der Waals surface area contributed by atoms with Gasteiger partial charge in [0.15, 0.2) is 5.82 Å². The number of aromatic nitrogens is 2. The number of rotatable bonds is 3. The van der Waals surface area contributed by atoms with Gasteiger partial charge in [-0.15, -0.1) is 0 Å². The summed E-state index contributed by atoms with van der Waals surface area (Å²) in [6.07, 6.45) is 2.38. The molecule has 106 valence electrons. The molecule has 0 spiro atoms. The molecule has 0 aliphatic carbocycles. The van der Waals surface area contributed by atoms with Crippen LogP contribution in [0.1, 0.15) is 36.0 Å². The maximum Gasteiger partial charge on any atom is 0.231 e. The molecule has 0 unspecified atom stereocenters. The molecule has 0 bridgehead atoms. The van der Waals surface area contributed by atoms with E-state index in [0.717, 1.165) is 25.9 Å². The normalized spacial score (nSPS) is 19.2. The van der Waals surface area contributed by atoms with E-state index in [1.165, 1.54) is 6.07 Å². The number of halogens is 2. The molecule has 20 heavy (non-hydrogen) atoms. The SMILES string of the molecule is Fc1cccc(Cl)c1Cc1noc([C@@H]2CCCNC2)n1. The molecule has 0 radical (unpaired) electrons. The Hall–Kier alpha value is -1.46. The van der Waals surface area contributed by atoms with Crippen LogP contribution in [0, 0.1) is 5.82 Å². The first-order chi connectivity index (χ1) is 9.74. The molecule has 6 heteroatoms. The van der Waals surface area contributed by atoms with E-state index in [1.54, 1.807) is 12.1 Å². The fourth-order valence-corrected chi connectivity index (χ4v) is 2.66. The Kier molecular flexibility index (Phi) is 3.98. The fourth-order valence-electron chi connectivity index (χ4n) is 2.43.